The Labute approximate surface area is 229 Å². The van der Waals surface area contributed by atoms with E-state index in [9.17, 15) is 14.7 Å². The Hall–Kier alpha value is -4.06. The highest BCUT2D eigenvalue weighted by molar-refractivity contribution is 6.46. The number of ether oxygens (including phenoxy) is 2. The van der Waals surface area contributed by atoms with Crippen molar-refractivity contribution in [3.8, 4) is 11.5 Å². The third-order valence-electron chi connectivity index (χ3n) is 7.38. The summed E-state index contributed by atoms with van der Waals surface area (Å²) in [6.07, 6.45) is 4.52. The van der Waals surface area contributed by atoms with Crippen molar-refractivity contribution in [1.29, 1.82) is 0 Å². The molecule has 2 atom stereocenters. The topological polar surface area (TPSA) is 76.1 Å². The Morgan fingerprint density at radius 3 is 2.64 bits per heavy atom. The predicted molar refractivity (Wildman–Crippen MR) is 151 cm³/mol. The van der Waals surface area contributed by atoms with E-state index in [-0.39, 0.29) is 17.4 Å². The Morgan fingerprint density at radius 2 is 1.85 bits per heavy atom. The number of aliphatic hydroxyl groups excluding tert-OH is 1. The van der Waals surface area contributed by atoms with Crippen molar-refractivity contribution in [1.82, 2.24) is 4.90 Å². The first-order chi connectivity index (χ1) is 19.0. The van der Waals surface area contributed by atoms with Crippen molar-refractivity contribution >= 4 is 17.4 Å². The summed E-state index contributed by atoms with van der Waals surface area (Å²) >= 11 is 0. The van der Waals surface area contributed by atoms with Crippen molar-refractivity contribution in [2.75, 3.05) is 13.2 Å². The van der Waals surface area contributed by atoms with Gasteiger partial charge in [0, 0.05) is 18.5 Å². The number of likely N-dealkylation sites (tertiary alicyclic amines) is 1. The van der Waals surface area contributed by atoms with Crippen LogP contribution in [0, 0.1) is 0 Å². The zero-order chi connectivity index (χ0) is 27.4. The normalized spacial score (nSPS) is 19.7. The molecule has 3 aromatic rings. The van der Waals surface area contributed by atoms with Crippen LogP contribution in [0.3, 0.4) is 0 Å². The molecule has 6 heteroatoms. The number of ketones is 1. The molecule has 1 fully saturated rings. The molecule has 2 heterocycles. The summed E-state index contributed by atoms with van der Waals surface area (Å²) < 4.78 is 11.8. The van der Waals surface area contributed by atoms with Crippen LogP contribution >= 0.6 is 0 Å². The molecule has 1 amide bonds. The number of amides is 1. The first-order valence-corrected chi connectivity index (χ1v) is 13.8. The molecule has 0 aliphatic carbocycles. The lowest BCUT2D eigenvalue weighted by Gasteiger charge is -2.26. The van der Waals surface area contributed by atoms with Gasteiger partial charge < -0.3 is 19.5 Å². The first-order valence-electron chi connectivity index (χ1n) is 13.8. The van der Waals surface area contributed by atoms with Gasteiger partial charge in [-0.05, 0) is 66.8 Å². The predicted octanol–water partition coefficient (Wildman–Crippen LogP) is 6.24. The monoisotopic (exact) mass is 525 g/mol. The molecule has 2 aliphatic heterocycles. The number of rotatable bonds is 10. The Kier molecular flexibility index (Phi) is 8.01. The maximum atomic E-state index is 13.5. The van der Waals surface area contributed by atoms with E-state index in [0.29, 0.717) is 30.9 Å². The number of Topliss-reactive ketones (excluding diaryl/α,β-unsaturated/α-hetero) is 1. The minimum absolute atomic E-state index is 0.0565. The minimum atomic E-state index is -0.726. The van der Waals surface area contributed by atoms with Gasteiger partial charge in [0.15, 0.2) is 0 Å². The van der Waals surface area contributed by atoms with E-state index in [0.717, 1.165) is 48.1 Å². The number of carbonyl (C=O) groups is 2. The van der Waals surface area contributed by atoms with Gasteiger partial charge in [-0.3, -0.25) is 9.59 Å². The van der Waals surface area contributed by atoms with Crippen molar-refractivity contribution in [2.24, 2.45) is 0 Å². The second-order valence-corrected chi connectivity index (χ2v) is 10.3. The number of hydrogen-bond acceptors (Lipinski definition) is 5. The third kappa shape index (κ3) is 5.70. The van der Waals surface area contributed by atoms with Gasteiger partial charge in [-0.1, -0.05) is 62.2 Å². The zero-order valence-corrected chi connectivity index (χ0v) is 22.6. The number of carbonyl (C=O) groups excluding carboxylic acids is 2. The lowest BCUT2D eigenvalue weighted by atomic mass is 9.94. The van der Waals surface area contributed by atoms with Crippen LogP contribution in [0.5, 0.6) is 11.5 Å². The van der Waals surface area contributed by atoms with Crippen molar-refractivity contribution in [3.05, 3.63) is 101 Å². The van der Waals surface area contributed by atoms with E-state index < -0.39 is 17.7 Å². The molecule has 2 unspecified atom stereocenters. The van der Waals surface area contributed by atoms with Gasteiger partial charge >= 0.3 is 0 Å². The maximum absolute atomic E-state index is 13.5. The van der Waals surface area contributed by atoms with Crippen LogP contribution in [-0.4, -0.2) is 41.0 Å². The fourth-order valence-corrected chi connectivity index (χ4v) is 5.39. The van der Waals surface area contributed by atoms with E-state index in [1.807, 2.05) is 73.7 Å². The lowest BCUT2D eigenvalue weighted by Crippen LogP contribution is -2.31. The second-order valence-electron chi connectivity index (χ2n) is 10.3. The molecule has 0 saturated carbocycles. The van der Waals surface area contributed by atoms with Gasteiger partial charge in [0.05, 0.1) is 18.2 Å². The molecule has 0 spiro atoms. The SMILES string of the molecule is CCCCCOc1cccc(C2/C(=C(\O)c3ccc4c(c3)CC(C)O4)C(=O)C(=O)N2CCc2ccccc2)c1. The summed E-state index contributed by atoms with van der Waals surface area (Å²) in [5.41, 5.74) is 3.38. The molecule has 1 N–H and O–H groups in total. The van der Waals surface area contributed by atoms with Gasteiger partial charge in [-0.15, -0.1) is 0 Å². The van der Waals surface area contributed by atoms with Crippen LogP contribution in [-0.2, 0) is 22.4 Å². The maximum Gasteiger partial charge on any atom is 0.295 e. The van der Waals surface area contributed by atoms with E-state index in [2.05, 4.69) is 6.92 Å². The molecule has 0 bridgehead atoms. The molecule has 3 aromatic carbocycles. The number of aliphatic hydroxyl groups is 1. The van der Waals surface area contributed by atoms with Crippen molar-refractivity contribution in [3.63, 3.8) is 0 Å². The van der Waals surface area contributed by atoms with E-state index >= 15 is 0 Å². The van der Waals surface area contributed by atoms with Gasteiger partial charge in [-0.2, -0.15) is 0 Å². The summed E-state index contributed by atoms with van der Waals surface area (Å²) in [5, 5.41) is 11.5. The summed E-state index contributed by atoms with van der Waals surface area (Å²) in [7, 11) is 0. The van der Waals surface area contributed by atoms with Crippen LogP contribution in [0.15, 0.2) is 78.4 Å². The zero-order valence-electron chi connectivity index (χ0n) is 22.6. The highest BCUT2D eigenvalue weighted by Crippen LogP contribution is 2.41. The molecule has 202 valence electrons. The number of unbranched alkanes of at least 4 members (excludes halogenated alkanes) is 2. The molecule has 6 nitrogen and oxygen atoms in total. The number of fused-ring (bicyclic) bond motifs is 1. The van der Waals surface area contributed by atoms with Crippen LogP contribution in [0.4, 0.5) is 0 Å². The fourth-order valence-electron chi connectivity index (χ4n) is 5.39. The van der Waals surface area contributed by atoms with E-state index in [1.165, 1.54) is 0 Å². The van der Waals surface area contributed by atoms with Crippen LogP contribution < -0.4 is 9.47 Å². The molecular formula is C33H35NO5. The lowest BCUT2D eigenvalue weighted by molar-refractivity contribution is -0.139. The second kappa shape index (κ2) is 11.8. The van der Waals surface area contributed by atoms with E-state index in [1.54, 1.807) is 11.0 Å². The Balaban J connectivity index is 1.52. The smallest absolute Gasteiger partial charge is 0.295 e. The van der Waals surface area contributed by atoms with Gasteiger partial charge in [0.2, 0.25) is 0 Å². The van der Waals surface area contributed by atoms with Crippen LogP contribution in [0.1, 0.15) is 61.4 Å². The molecule has 0 aromatic heterocycles. The number of nitrogens with zero attached hydrogens (tertiary/aromatic N) is 1. The largest absolute Gasteiger partial charge is 0.507 e. The van der Waals surface area contributed by atoms with Crippen molar-refractivity contribution < 1.29 is 24.2 Å². The first kappa shape index (κ1) is 26.5. The molecule has 39 heavy (non-hydrogen) atoms. The van der Waals surface area contributed by atoms with Crippen LogP contribution in [0.25, 0.3) is 5.76 Å². The summed E-state index contributed by atoms with van der Waals surface area (Å²) in [4.78, 5) is 28.4. The highest BCUT2D eigenvalue weighted by atomic mass is 16.5. The van der Waals surface area contributed by atoms with Gasteiger partial charge in [-0.25, -0.2) is 0 Å². The molecular weight excluding hydrogens is 490 g/mol. The summed E-state index contributed by atoms with van der Waals surface area (Å²) in [6, 6.07) is 22.1. The number of hydrogen-bond donors (Lipinski definition) is 1. The third-order valence-corrected chi connectivity index (χ3v) is 7.38. The Morgan fingerprint density at radius 1 is 1.03 bits per heavy atom. The highest BCUT2D eigenvalue weighted by Gasteiger charge is 2.46. The average molecular weight is 526 g/mol. The molecule has 5 rings (SSSR count). The fraction of sp³-hybridized carbons (Fsp3) is 0.333. The average Bonchev–Trinajstić information content (AvgIpc) is 3.45. The molecule has 1 saturated heterocycles. The van der Waals surface area contributed by atoms with Crippen molar-refractivity contribution in [2.45, 2.75) is 58.1 Å². The summed E-state index contributed by atoms with van der Waals surface area (Å²) in [5.74, 6) is 0.0137. The van der Waals surface area contributed by atoms with Gasteiger partial charge in [0.1, 0.15) is 23.4 Å². The minimum Gasteiger partial charge on any atom is -0.507 e. The summed E-state index contributed by atoms with van der Waals surface area (Å²) in [6.45, 7) is 5.08. The van der Waals surface area contributed by atoms with Crippen LogP contribution in [0.2, 0.25) is 0 Å². The molecule has 2 aliphatic rings. The number of benzene rings is 3. The Bertz CT molecular complexity index is 1380. The quantitative estimate of drug-likeness (QED) is 0.147. The van der Waals surface area contributed by atoms with E-state index in [4.69, 9.17) is 9.47 Å². The molecule has 0 radical (unpaired) electrons. The standard InChI is InChI=1S/C33H35NO5/c1-3-4-8-18-38-27-13-9-12-24(21-27)30-29(31(35)25-14-15-28-26(20-25)19-22(2)39-28)32(36)33(37)34(30)17-16-23-10-6-5-7-11-23/h5-7,9-15,20-22,30,35H,3-4,8,16-19H2,1-2H3/b31-29+. The van der Waals surface area contributed by atoms with Gasteiger partial charge in [0.25, 0.3) is 11.7 Å².